The van der Waals surface area contributed by atoms with Crippen molar-refractivity contribution in [2.75, 3.05) is 13.2 Å². The van der Waals surface area contributed by atoms with Gasteiger partial charge in [0.15, 0.2) is 0 Å². The molecular weight excluding hydrogens is 272 g/mol. The standard InChI is InChI=1S/C20H38O2/c1-5-7-8-9-10-11-12-13-17-14-15-20(3,4)19(22-6-2)18(17)16-21/h12-13,17-19,21H,5-11,14-16H2,1-4H3/t17-,18-,19+/m0/s1. The molecule has 0 spiro atoms. The fraction of sp³-hybridized carbons (Fsp3) is 0.900. The highest BCUT2D eigenvalue weighted by molar-refractivity contribution is 5.01. The lowest BCUT2D eigenvalue weighted by Gasteiger charge is -2.46. The van der Waals surface area contributed by atoms with Crippen molar-refractivity contribution in [1.82, 2.24) is 0 Å². The van der Waals surface area contributed by atoms with Gasteiger partial charge in [0.05, 0.1) is 6.10 Å². The average Bonchev–Trinajstić information content (AvgIpc) is 2.49. The van der Waals surface area contributed by atoms with E-state index in [2.05, 4.69) is 39.8 Å². The van der Waals surface area contributed by atoms with Gasteiger partial charge in [-0.1, -0.05) is 58.6 Å². The van der Waals surface area contributed by atoms with Gasteiger partial charge in [-0.15, -0.1) is 0 Å². The highest BCUT2D eigenvalue weighted by atomic mass is 16.5. The molecular formula is C20H38O2. The van der Waals surface area contributed by atoms with Crippen LogP contribution in [0.3, 0.4) is 0 Å². The SMILES string of the molecule is CCCCCCCC=C[C@H]1CCC(C)(C)[C@H](OCC)[C@H]1CO. The lowest BCUT2D eigenvalue weighted by atomic mass is 9.65. The summed E-state index contributed by atoms with van der Waals surface area (Å²) in [5.41, 5.74) is 0.175. The fourth-order valence-electron chi connectivity index (χ4n) is 3.83. The van der Waals surface area contributed by atoms with Crippen LogP contribution in [0, 0.1) is 17.3 Å². The molecule has 0 amide bonds. The predicted molar refractivity (Wildman–Crippen MR) is 95.0 cm³/mol. The van der Waals surface area contributed by atoms with Crippen molar-refractivity contribution in [2.24, 2.45) is 17.3 Å². The van der Waals surface area contributed by atoms with E-state index in [0.29, 0.717) is 5.92 Å². The zero-order valence-corrected chi connectivity index (χ0v) is 15.3. The minimum atomic E-state index is 0.175. The van der Waals surface area contributed by atoms with E-state index in [-0.39, 0.29) is 24.0 Å². The molecule has 2 heteroatoms. The first kappa shape index (κ1) is 19.7. The fourth-order valence-corrected chi connectivity index (χ4v) is 3.83. The van der Waals surface area contributed by atoms with Crippen molar-refractivity contribution in [3.63, 3.8) is 0 Å². The van der Waals surface area contributed by atoms with Crippen LogP contribution in [0.1, 0.15) is 79.1 Å². The zero-order valence-electron chi connectivity index (χ0n) is 15.3. The quantitative estimate of drug-likeness (QED) is 0.435. The van der Waals surface area contributed by atoms with Crippen molar-refractivity contribution in [3.05, 3.63) is 12.2 Å². The van der Waals surface area contributed by atoms with Crippen molar-refractivity contribution in [3.8, 4) is 0 Å². The average molecular weight is 311 g/mol. The number of ether oxygens (including phenoxy) is 1. The van der Waals surface area contributed by atoms with Gasteiger partial charge in [-0.25, -0.2) is 0 Å². The maximum atomic E-state index is 9.88. The van der Waals surface area contributed by atoms with Crippen LogP contribution in [0.5, 0.6) is 0 Å². The summed E-state index contributed by atoms with van der Waals surface area (Å²) < 4.78 is 6.01. The summed E-state index contributed by atoms with van der Waals surface area (Å²) >= 11 is 0. The van der Waals surface area contributed by atoms with E-state index < -0.39 is 0 Å². The number of aliphatic hydroxyl groups is 1. The molecule has 22 heavy (non-hydrogen) atoms. The van der Waals surface area contributed by atoms with E-state index in [4.69, 9.17) is 4.74 Å². The van der Waals surface area contributed by atoms with Gasteiger partial charge in [-0.05, 0) is 43.9 Å². The molecule has 1 rings (SSSR count). The summed E-state index contributed by atoms with van der Waals surface area (Å²) in [6.45, 7) is 9.85. The molecule has 1 N–H and O–H groups in total. The minimum absolute atomic E-state index is 0.175. The Morgan fingerprint density at radius 2 is 1.86 bits per heavy atom. The van der Waals surface area contributed by atoms with Gasteiger partial charge in [0, 0.05) is 19.1 Å². The van der Waals surface area contributed by atoms with Crippen LogP contribution in [-0.2, 0) is 4.74 Å². The molecule has 1 aliphatic carbocycles. The second kappa shape index (κ2) is 10.4. The van der Waals surface area contributed by atoms with Gasteiger partial charge in [-0.3, -0.25) is 0 Å². The van der Waals surface area contributed by atoms with Gasteiger partial charge >= 0.3 is 0 Å². The maximum absolute atomic E-state index is 9.88. The third-order valence-electron chi connectivity index (χ3n) is 5.25. The topological polar surface area (TPSA) is 29.5 Å². The normalized spacial score (nSPS) is 28.3. The Balaban J connectivity index is 2.48. The first-order valence-electron chi connectivity index (χ1n) is 9.46. The zero-order chi connectivity index (χ0) is 16.4. The Labute approximate surface area is 138 Å². The first-order chi connectivity index (χ1) is 10.6. The maximum Gasteiger partial charge on any atom is 0.0681 e. The van der Waals surface area contributed by atoms with E-state index in [1.165, 1.54) is 51.4 Å². The van der Waals surface area contributed by atoms with Crippen molar-refractivity contribution in [1.29, 1.82) is 0 Å². The van der Waals surface area contributed by atoms with Crippen molar-refractivity contribution in [2.45, 2.75) is 85.2 Å². The van der Waals surface area contributed by atoms with Crippen LogP contribution in [0.25, 0.3) is 0 Å². The van der Waals surface area contributed by atoms with Gasteiger partial charge in [-0.2, -0.15) is 0 Å². The molecule has 2 nitrogen and oxygen atoms in total. The van der Waals surface area contributed by atoms with E-state index in [1.807, 2.05) is 0 Å². The molecule has 130 valence electrons. The van der Waals surface area contributed by atoms with E-state index >= 15 is 0 Å². The second-order valence-corrected chi connectivity index (χ2v) is 7.54. The molecule has 0 saturated heterocycles. The molecule has 0 unspecified atom stereocenters. The summed E-state index contributed by atoms with van der Waals surface area (Å²) in [6.07, 6.45) is 15.1. The molecule has 0 aromatic carbocycles. The number of rotatable bonds is 10. The molecule has 0 aromatic rings. The first-order valence-corrected chi connectivity index (χ1v) is 9.46. The summed E-state index contributed by atoms with van der Waals surface area (Å²) in [5, 5.41) is 9.88. The molecule has 1 fully saturated rings. The van der Waals surface area contributed by atoms with E-state index in [9.17, 15) is 5.11 Å². The third-order valence-corrected chi connectivity index (χ3v) is 5.25. The van der Waals surface area contributed by atoms with E-state index in [1.54, 1.807) is 0 Å². The Bertz CT molecular complexity index is 309. The van der Waals surface area contributed by atoms with Crippen LogP contribution in [0.2, 0.25) is 0 Å². The number of hydrogen-bond donors (Lipinski definition) is 1. The molecule has 0 radical (unpaired) electrons. The lowest BCUT2D eigenvalue weighted by Crippen LogP contribution is -2.47. The van der Waals surface area contributed by atoms with Gasteiger partial charge in [0.25, 0.3) is 0 Å². The Morgan fingerprint density at radius 1 is 1.14 bits per heavy atom. The van der Waals surface area contributed by atoms with E-state index in [0.717, 1.165) is 6.61 Å². The predicted octanol–water partition coefficient (Wildman–Crippen LogP) is 5.35. The molecule has 0 bridgehead atoms. The Hall–Kier alpha value is -0.340. The molecule has 3 atom stereocenters. The molecule has 0 aromatic heterocycles. The molecule has 1 saturated carbocycles. The van der Waals surface area contributed by atoms with Crippen molar-refractivity contribution >= 4 is 0 Å². The number of allylic oxidation sites excluding steroid dienone is 2. The highest BCUT2D eigenvalue weighted by Gasteiger charge is 2.43. The Morgan fingerprint density at radius 3 is 2.50 bits per heavy atom. The number of aliphatic hydroxyl groups excluding tert-OH is 1. The van der Waals surface area contributed by atoms with Crippen LogP contribution < -0.4 is 0 Å². The van der Waals surface area contributed by atoms with Crippen molar-refractivity contribution < 1.29 is 9.84 Å². The van der Waals surface area contributed by atoms with Crippen LogP contribution in [0.4, 0.5) is 0 Å². The summed E-state index contributed by atoms with van der Waals surface area (Å²) in [4.78, 5) is 0. The second-order valence-electron chi connectivity index (χ2n) is 7.54. The lowest BCUT2D eigenvalue weighted by molar-refractivity contribution is -0.107. The molecule has 0 aliphatic heterocycles. The summed E-state index contributed by atoms with van der Waals surface area (Å²) in [7, 11) is 0. The van der Waals surface area contributed by atoms with Gasteiger partial charge in [0.1, 0.15) is 0 Å². The summed E-state index contributed by atoms with van der Waals surface area (Å²) in [5.74, 6) is 0.727. The van der Waals surface area contributed by atoms with Gasteiger partial charge < -0.3 is 9.84 Å². The Kier molecular flexibility index (Phi) is 9.35. The third kappa shape index (κ3) is 6.04. The van der Waals surface area contributed by atoms with Crippen LogP contribution in [0.15, 0.2) is 12.2 Å². The smallest absolute Gasteiger partial charge is 0.0681 e. The molecule has 0 heterocycles. The highest BCUT2D eigenvalue weighted by Crippen LogP contribution is 2.44. The largest absolute Gasteiger partial charge is 0.396 e. The summed E-state index contributed by atoms with van der Waals surface area (Å²) in [6, 6.07) is 0. The van der Waals surface area contributed by atoms with Gasteiger partial charge in [0.2, 0.25) is 0 Å². The monoisotopic (exact) mass is 310 g/mol. The minimum Gasteiger partial charge on any atom is -0.396 e. The van der Waals surface area contributed by atoms with Crippen LogP contribution in [-0.4, -0.2) is 24.4 Å². The van der Waals surface area contributed by atoms with Crippen LogP contribution >= 0.6 is 0 Å². The molecule has 1 aliphatic rings. The number of hydrogen-bond acceptors (Lipinski definition) is 2. The number of unbranched alkanes of at least 4 members (excludes halogenated alkanes) is 5.